The molecule has 0 aliphatic carbocycles. The highest BCUT2D eigenvalue weighted by molar-refractivity contribution is 6.01. The van der Waals surface area contributed by atoms with Gasteiger partial charge < -0.3 is 14.8 Å². The fourth-order valence-corrected chi connectivity index (χ4v) is 4.46. The van der Waals surface area contributed by atoms with Crippen LogP contribution in [0.1, 0.15) is 21.6 Å². The van der Waals surface area contributed by atoms with E-state index >= 15 is 0 Å². The first-order chi connectivity index (χ1) is 17.4. The summed E-state index contributed by atoms with van der Waals surface area (Å²) in [6.45, 7) is 2.60. The van der Waals surface area contributed by atoms with Crippen molar-refractivity contribution in [2.75, 3.05) is 17.7 Å². The number of benzene rings is 3. The Balaban J connectivity index is 1.31. The molecule has 180 valence electrons. The molecule has 7 nitrogen and oxygen atoms in total. The Morgan fingerprint density at radius 2 is 1.67 bits per heavy atom. The van der Waals surface area contributed by atoms with E-state index < -0.39 is 0 Å². The molecule has 2 N–H and O–H groups in total. The van der Waals surface area contributed by atoms with E-state index in [1.807, 2.05) is 68.7 Å². The summed E-state index contributed by atoms with van der Waals surface area (Å²) in [6, 6.07) is 26.1. The van der Waals surface area contributed by atoms with Crippen LogP contribution in [0.3, 0.4) is 0 Å². The molecule has 5 aromatic rings. The third kappa shape index (κ3) is 4.51. The highest BCUT2D eigenvalue weighted by atomic mass is 16.2. The first kappa shape index (κ1) is 23.1. The molecule has 0 radical (unpaired) electrons. The molecule has 0 spiro atoms. The average molecular weight is 478 g/mol. The van der Waals surface area contributed by atoms with Gasteiger partial charge in [0.2, 0.25) is 0 Å². The van der Waals surface area contributed by atoms with Crippen LogP contribution in [0.5, 0.6) is 0 Å². The number of anilines is 2. The number of carbonyl (C=O) groups is 2. The lowest BCUT2D eigenvalue weighted by Crippen LogP contribution is -2.26. The van der Waals surface area contributed by atoms with Gasteiger partial charge in [-0.05, 0) is 61.0 Å². The SMILES string of the molecule is Cc1c(CN(C)C(=O)c2ccc3nc(NC(=O)Nc4ccccc4)ccc3c2)c2ccccc2n1C. The van der Waals surface area contributed by atoms with Crippen LogP contribution >= 0.6 is 0 Å². The highest BCUT2D eigenvalue weighted by Gasteiger charge is 2.18. The number of hydrogen-bond acceptors (Lipinski definition) is 3. The standard InChI is InChI=1S/C29H27N5O2/c1-19-24(23-11-7-8-12-26(23)34(19)3)18-33(2)28(35)21-13-15-25-20(17-21)14-16-27(31-25)32-29(36)30-22-9-5-4-6-10-22/h4-17H,18H2,1-3H3,(H2,30,31,32,36). The molecule has 0 aliphatic rings. The zero-order chi connectivity index (χ0) is 25.2. The predicted molar refractivity (Wildman–Crippen MR) is 144 cm³/mol. The molecular formula is C29H27N5O2. The Morgan fingerprint density at radius 3 is 2.47 bits per heavy atom. The van der Waals surface area contributed by atoms with Gasteiger partial charge in [0.1, 0.15) is 5.82 Å². The van der Waals surface area contributed by atoms with Gasteiger partial charge in [0.25, 0.3) is 5.91 Å². The molecule has 36 heavy (non-hydrogen) atoms. The van der Waals surface area contributed by atoms with Crippen LogP contribution in [0, 0.1) is 6.92 Å². The number of rotatable bonds is 5. The summed E-state index contributed by atoms with van der Waals surface area (Å²) < 4.78 is 2.16. The molecule has 2 aromatic heterocycles. The third-order valence-corrected chi connectivity index (χ3v) is 6.48. The molecule has 3 amide bonds. The minimum absolute atomic E-state index is 0.0614. The maximum atomic E-state index is 13.3. The van der Waals surface area contributed by atoms with Crippen molar-refractivity contribution < 1.29 is 9.59 Å². The summed E-state index contributed by atoms with van der Waals surface area (Å²) >= 11 is 0. The van der Waals surface area contributed by atoms with Crippen LogP contribution in [-0.4, -0.2) is 33.4 Å². The lowest BCUT2D eigenvalue weighted by molar-refractivity contribution is 0.0785. The number of nitrogens with zero attached hydrogens (tertiary/aromatic N) is 3. The highest BCUT2D eigenvalue weighted by Crippen LogP contribution is 2.26. The smallest absolute Gasteiger partial charge is 0.324 e. The van der Waals surface area contributed by atoms with Crippen LogP contribution in [0.25, 0.3) is 21.8 Å². The van der Waals surface area contributed by atoms with E-state index in [0.29, 0.717) is 29.1 Å². The number of aromatic nitrogens is 2. The van der Waals surface area contributed by atoms with Gasteiger partial charge in [-0.2, -0.15) is 0 Å². The average Bonchev–Trinajstić information content (AvgIpc) is 3.13. The molecule has 0 saturated carbocycles. The fraction of sp³-hybridized carbons (Fsp3) is 0.138. The van der Waals surface area contributed by atoms with Gasteiger partial charge >= 0.3 is 6.03 Å². The summed E-state index contributed by atoms with van der Waals surface area (Å²) in [5, 5.41) is 7.51. The van der Waals surface area contributed by atoms with Crippen LogP contribution in [0.2, 0.25) is 0 Å². The molecular weight excluding hydrogens is 450 g/mol. The van der Waals surface area contributed by atoms with Crippen LogP contribution < -0.4 is 10.6 Å². The number of hydrogen-bond donors (Lipinski definition) is 2. The summed E-state index contributed by atoms with van der Waals surface area (Å²) in [5.41, 5.74) is 5.43. The summed E-state index contributed by atoms with van der Waals surface area (Å²) in [7, 11) is 3.87. The second-order valence-corrected chi connectivity index (χ2v) is 8.85. The second kappa shape index (κ2) is 9.54. The summed E-state index contributed by atoms with van der Waals surface area (Å²) in [5.74, 6) is 0.368. The van der Waals surface area contributed by atoms with Crippen molar-refractivity contribution in [3.8, 4) is 0 Å². The van der Waals surface area contributed by atoms with E-state index in [2.05, 4.69) is 39.2 Å². The summed E-state index contributed by atoms with van der Waals surface area (Å²) in [6.07, 6.45) is 0. The minimum Gasteiger partial charge on any atom is -0.348 e. The topological polar surface area (TPSA) is 79.3 Å². The number of amides is 3. The molecule has 7 heteroatoms. The minimum atomic E-state index is -0.370. The van der Waals surface area contributed by atoms with Crippen molar-refractivity contribution >= 4 is 45.2 Å². The van der Waals surface area contributed by atoms with Crippen molar-refractivity contribution in [3.05, 3.63) is 102 Å². The maximum Gasteiger partial charge on any atom is 0.324 e. The van der Waals surface area contributed by atoms with Crippen LogP contribution in [-0.2, 0) is 13.6 Å². The number of nitrogens with one attached hydrogen (secondary N) is 2. The molecule has 5 rings (SSSR count). The van der Waals surface area contributed by atoms with Crippen molar-refractivity contribution in [2.45, 2.75) is 13.5 Å². The molecule has 3 aromatic carbocycles. The first-order valence-electron chi connectivity index (χ1n) is 11.7. The van der Waals surface area contributed by atoms with E-state index in [1.54, 1.807) is 23.1 Å². The van der Waals surface area contributed by atoms with E-state index in [4.69, 9.17) is 0 Å². The lowest BCUT2D eigenvalue weighted by atomic mass is 10.1. The molecule has 0 fully saturated rings. The Labute approximate surface area is 209 Å². The molecule has 0 aliphatic heterocycles. The van der Waals surface area contributed by atoms with Crippen molar-refractivity contribution in [2.24, 2.45) is 7.05 Å². The van der Waals surface area contributed by atoms with E-state index in [9.17, 15) is 9.59 Å². The number of urea groups is 1. The molecule has 0 atom stereocenters. The quantitative estimate of drug-likeness (QED) is 0.328. The predicted octanol–water partition coefficient (Wildman–Crippen LogP) is 5.95. The molecule has 0 saturated heterocycles. The normalized spacial score (nSPS) is 11.0. The first-order valence-corrected chi connectivity index (χ1v) is 11.7. The third-order valence-electron chi connectivity index (χ3n) is 6.48. The number of aryl methyl sites for hydroxylation is 1. The number of pyridine rings is 1. The van der Waals surface area contributed by atoms with Crippen LogP contribution in [0.15, 0.2) is 84.9 Å². The van der Waals surface area contributed by atoms with Gasteiger partial charge in [-0.25, -0.2) is 9.78 Å². The zero-order valence-electron chi connectivity index (χ0n) is 20.4. The van der Waals surface area contributed by atoms with Gasteiger partial charge in [0, 0.05) is 53.9 Å². The fourth-order valence-electron chi connectivity index (χ4n) is 4.46. The Bertz CT molecular complexity index is 1590. The van der Waals surface area contributed by atoms with Crippen molar-refractivity contribution in [1.29, 1.82) is 0 Å². The second-order valence-electron chi connectivity index (χ2n) is 8.85. The number of fused-ring (bicyclic) bond motifs is 2. The van der Waals surface area contributed by atoms with Crippen molar-refractivity contribution in [1.82, 2.24) is 14.5 Å². The van der Waals surface area contributed by atoms with Crippen LogP contribution in [0.4, 0.5) is 16.3 Å². The van der Waals surface area contributed by atoms with E-state index in [1.165, 1.54) is 0 Å². The largest absolute Gasteiger partial charge is 0.348 e. The monoisotopic (exact) mass is 477 g/mol. The van der Waals surface area contributed by atoms with E-state index in [-0.39, 0.29) is 11.9 Å². The van der Waals surface area contributed by atoms with Gasteiger partial charge in [0.05, 0.1) is 5.52 Å². The summed E-state index contributed by atoms with van der Waals surface area (Å²) in [4.78, 5) is 31.8. The zero-order valence-corrected chi connectivity index (χ0v) is 20.4. The van der Waals surface area contributed by atoms with Gasteiger partial charge in [-0.15, -0.1) is 0 Å². The molecule has 0 unspecified atom stereocenters. The Kier molecular flexibility index (Phi) is 6.12. The van der Waals surface area contributed by atoms with Gasteiger partial charge in [0.15, 0.2) is 0 Å². The van der Waals surface area contributed by atoms with Gasteiger partial charge in [-0.3, -0.25) is 10.1 Å². The molecule has 0 bridgehead atoms. The molecule has 2 heterocycles. The maximum absolute atomic E-state index is 13.3. The lowest BCUT2D eigenvalue weighted by Gasteiger charge is -2.18. The Hall–Kier alpha value is -4.65. The van der Waals surface area contributed by atoms with Crippen molar-refractivity contribution in [3.63, 3.8) is 0 Å². The van der Waals surface area contributed by atoms with E-state index in [0.717, 1.165) is 27.5 Å². The number of carbonyl (C=O) groups excluding carboxylic acids is 2. The Morgan fingerprint density at radius 1 is 0.917 bits per heavy atom. The van der Waals surface area contributed by atoms with Gasteiger partial charge in [-0.1, -0.05) is 36.4 Å². The number of para-hydroxylation sites is 2.